The van der Waals surface area contributed by atoms with Crippen LogP contribution in [-0.4, -0.2) is 48.1 Å². The third kappa shape index (κ3) is 5.53. The van der Waals surface area contributed by atoms with Gasteiger partial charge in [0, 0.05) is 31.9 Å². The van der Waals surface area contributed by atoms with Crippen molar-refractivity contribution in [1.29, 1.82) is 0 Å². The van der Waals surface area contributed by atoms with Crippen molar-refractivity contribution in [1.82, 2.24) is 4.90 Å². The van der Waals surface area contributed by atoms with Gasteiger partial charge in [-0.1, -0.05) is 30.3 Å². The normalized spacial score (nSPS) is 14.8. The Hall–Kier alpha value is -1.95. The largest absolute Gasteiger partial charge is 0.508 e. The predicted octanol–water partition coefficient (Wildman–Crippen LogP) is 2.45. The van der Waals surface area contributed by atoms with E-state index < -0.39 is 6.04 Å². The number of phenols is 1. The van der Waals surface area contributed by atoms with Gasteiger partial charge in [-0.3, -0.25) is 4.79 Å². The number of carbonyl (C=O) groups excluding carboxylic acids is 1. The summed E-state index contributed by atoms with van der Waals surface area (Å²) in [6.45, 7) is 2.88. The molecule has 1 atom stereocenters. The molecule has 0 radical (unpaired) electrons. The van der Waals surface area contributed by atoms with Gasteiger partial charge in [-0.2, -0.15) is 0 Å². The molecule has 142 valence electrons. The number of aromatic hydroxyl groups is 1. The van der Waals surface area contributed by atoms with E-state index in [0.29, 0.717) is 19.5 Å². The molecule has 3 N–H and O–H groups in total. The molecule has 5 nitrogen and oxygen atoms in total. The Balaban J connectivity index is 0.00000169. The van der Waals surface area contributed by atoms with E-state index in [-0.39, 0.29) is 36.5 Å². The lowest BCUT2D eigenvalue weighted by atomic mass is 10.1. The van der Waals surface area contributed by atoms with Gasteiger partial charge in [0.25, 0.3) is 0 Å². The van der Waals surface area contributed by atoms with Crippen LogP contribution in [0.15, 0.2) is 54.6 Å². The second-order valence-electron chi connectivity index (χ2n) is 6.12. The number of hydrogen-bond acceptors (Lipinski definition) is 4. The Bertz CT molecular complexity index is 675. The minimum atomic E-state index is -0.493. The molecule has 1 aliphatic rings. The number of piperazine rings is 1. The van der Waals surface area contributed by atoms with Gasteiger partial charge in [-0.05, 0) is 36.2 Å². The molecule has 1 aliphatic heterocycles. The number of rotatable bonds is 4. The molecule has 7 heteroatoms. The number of halogens is 2. The molecule has 1 amide bonds. The predicted molar refractivity (Wildman–Crippen MR) is 110 cm³/mol. The van der Waals surface area contributed by atoms with E-state index in [1.807, 2.05) is 47.4 Å². The number of benzene rings is 2. The molecule has 3 rings (SSSR count). The van der Waals surface area contributed by atoms with Crippen LogP contribution in [0.3, 0.4) is 0 Å². The van der Waals surface area contributed by atoms with Gasteiger partial charge in [0.15, 0.2) is 0 Å². The summed E-state index contributed by atoms with van der Waals surface area (Å²) in [6, 6.07) is 16.5. The molecule has 0 spiro atoms. The second kappa shape index (κ2) is 10.3. The van der Waals surface area contributed by atoms with Crippen molar-refractivity contribution in [3.63, 3.8) is 0 Å². The summed E-state index contributed by atoms with van der Waals surface area (Å²) in [5.74, 6) is 0.281. The van der Waals surface area contributed by atoms with Crippen molar-refractivity contribution >= 4 is 36.4 Å². The summed E-state index contributed by atoms with van der Waals surface area (Å²) in [5.41, 5.74) is 8.26. The zero-order chi connectivity index (χ0) is 16.9. The van der Waals surface area contributed by atoms with Crippen LogP contribution in [-0.2, 0) is 11.2 Å². The first-order valence-corrected chi connectivity index (χ1v) is 8.26. The highest BCUT2D eigenvalue weighted by Crippen LogP contribution is 2.20. The minimum Gasteiger partial charge on any atom is -0.508 e. The number of hydrogen-bond donors (Lipinski definition) is 2. The van der Waals surface area contributed by atoms with Gasteiger partial charge in [-0.15, -0.1) is 24.8 Å². The molecule has 0 aliphatic carbocycles. The maximum atomic E-state index is 12.5. The highest BCUT2D eigenvalue weighted by Gasteiger charge is 2.25. The third-order valence-electron chi connectivity index (χ3n) is 4.42. The number of phenolic OH excluding ortho intramolecular Hbond substituents is 1. The van der Waals surface area contributed by atoms with E-state index in [1.165, 1.54) is 0 Å². The van der Waals surface area contributed by atoms with Crippen LogP contribution in [0.25, 0.3) is 0 Å². The highest BCUT2D eigenvalue weighted by atomic mass is 35.5. The summed E-state index contributed by atoms with van der Waals surface area (Å²) in [7, 11) is 0. The molecular weight excluding hydrogens is 373 g/mol. The molecule has 0 bridgehead atoms. The summed E-state index contributed by atoms with van der Waals surface area (Å²) in [6.07, 6.45) is 0.567. The lowest BCUT2D eigenvalue weighted by Crippen LogP contribution is -2.53. The van der Waals surface area contributed by atoms with E-state index >= 15 is 0 Å². The van der Waals surface area contributed by atoms with Gasteiger partial charge in [0.1, 0.15) is 5.75 Å². The average Bonchev–Trinajstić information content (AvgIpc) is 2.63. The van der Waals surface area contributed by atoms with Gasteiger partial charge in [-0.25, -0.2) is 0 Å². The quantitative estimate of drug-likeness (QED) is 0.830. The van der Waals surface area contributed by atoms with Crippen LogP contribution in [0.5, 0.6) is 5.75 Å². The average molecular weight is 398 g/mol. The van der Waals surface area contributed by atoms with Crippen molar-refractivity contribution in [3.8, 4) is 5.75 Å². The monoisotopic (exact) mass is 397 g/mol. The Kier molecular flexibility index (Phi) is 8.72. The van der Waals surface area contributed by atoms with Gasteiger partial charge < -0.3 is 20.6 Å². The van der Waals surface area contributed by atoms with Crippen molar-refractivity contribution < 1.29 is 9.90 Å². The van der Waals surface area contributed by atoms with Crippen molar-refractivity contribution in [2.45, 2.75) is 12.5 Å². The summed E-state index contributed by atoms with van der Waals surface area (Å²) >= 11 is 0. The zero-order valence-corrected chi connectivity index (χ0v) is 16.1. The van der Waals surface area contributed by atoms with Gasteiger partial charge >= 0.3 is 0 Å². The highest BCUT2D eigenvalue weighted by molar-refractivity contribution is 5.85. The first kappa shape index (κ1) is 22.1. The van der Waals surface area contributed by atoms with Crippen LogP contribution in [0.1, 0.15) is 5.56 Å². The maximum absolute atomic E-state index is 12.5. The topological polar surface area (TPSA) is 69.8 Å². The Morgan fingerprint density at radius 2 is 1.54 bits per heavy atom. The molecule has 26 heavy (non-hydrogen) atoms. The molecule has 2 aromatic carbocycles. The number of nitrogens with zero attached hydrogens (tertiary/aromatic N) is 2. The summed E-state index contributed by atoms with van der Waals surface area (Å²) in [4.78, 5) is 16.6. The molecule has 2 aromatic rings. The van der Waals surface area contributed by atoms with Crippen LogP contribution in [0, 0.1) is 0 Å². The van der Waals surface area contributed by atoms with E-state index in [9.17, 15) is 9.90 Å². The van der Waals surface area contributed by atoms with Crippen LogP contribution < -0.4 is 10.6 Å². The molecular formula is C19H25Cl2N3O2. The molecule has 1 heterocycles. The molecule has 0 aromatic heterocycles. The Labute approximate surface area is 166 Å². The third-order valence-corrected chi connectivity index (χ3v) is 4.42. The first-order chi connectivity index (χ1) is 11.6. The van der Waals surface area contributed by atoms with Crippen molar-refractivity contribution in [3.05, 3.63) is 60.2 Å². The molecule has 1 unspecified atom stereocenters. The first-order valence-electron chi connectivity index (χ1n) is 8.26. The Morgan fingerprint density at radius 1 is 0.962 bits per heavy atom. The van der Waals surface area contributed by atoms with Crippen LogP contribution in [0.2, 0.25) is 0 Å². The smallest absolute Gasteiger partial charge is 0.239 e. The number of amides is 1. The molecule has 1 fully saturated rings. The number of anilines is 1. The lowest BCUT2D eigenvalue weighted by Gasteiger charge is -2.37. The molecule has 1 saturated heterocycles. The van der Waals surface area contributed by atoms with E-state index in [2.05, 4.69) is 4.90 Å². The minimum absolute atomic E-state index is 0. The summed E-state index contributed by atoms with van der Waals surface area (Å²) in [5, 5.41) is 9.37. The fourth-order valence-electron chi connectivity index (χ4n) is 3.04. The van der Waals surface area contributed by atoms with Gasteiger partial charge in [0.05, 0.1) is 6.04 Å². The zero-order valence-electron chi connectivity index (χ0n) is 14.5. The number of nitrogens with two attached hydrogens (primary N) is 1. The fraction of sp³-hybridized carbons (Fsp3) is 0.316. The SMILES string of the molecule is Cl.Cl.NC(Cc1ccccc1)C(=O)N1CCN(c2ccc(O)cc2)CC1. The Morgan fingerprint density at radius 3 is 2.12 bits per heavy atom. The second-order valence-corrected chi connectivity index (χ2v) is 6.12. The summed E-state index contributed by atoms with van der Waals surface area (Å²) < 4.78 is 0. The van der Waals surface area contributed by atoms with Crippen LogP contribution >= 0.6 is 24.8 Å². The van der Waals surface area contributed by atoms with E-state index in [1.54, 1.807) is 12.1 Å². The molecule has 0 saturated carbocycles. The maximum Gasteiger partial charge on any atom is 0.239 e. The van der Waals surface area contributed by atoms with E-state index in [4.69, 9.17) is 5.73 Å². The fourth-order valence-corrected chi connectivity index (χ4v) is 3.04. The van der Waals surface area contributed by atoms with Crippen molar-refractivity contribution in [2.24, 2.45) is 5.73 Å². The lowest BCUT2D eigenvalue weighted by molar-refractivity contribution is -0.132. The standard InChI is InChI=1S/C19H23N3O2.2ClH/c20-18(14-15-4-2-1-3-5-15)19(24)22-12-10-21(11-13-22)16-6-8-17(23)9-7-16;;/h1-9,18,23H,10-14,20H2;2*1H. The van der Waals surface area contributed by atoms with Crippen LogP contribution in [0.4, 0.5) is 5.69 Å². The van der Waals surface area contributed by atoms with Crippen molar-refractivity contribution in [2.75, 3.05) is 31.1 Å². The van der Waals surface area contributed by atoms with Gasteiger partial charge in [0.2, 0.25) is 5.91 Å². The number of carbonyl (C=O) groups is 1. The van der Waals surface area contributed by atoms with E-state index in [0.717, 1.165) is 24.3 Å².